The number of amides is 2. The molecule has 1 aliphatic carbocycles. The predicted octanol–water partition coefficient (Wildman–Crippen LogP) is 4.35. The molecule has 2 unspecified atom stereocenters. The number of likely N-dealkylation sites (tertiary alicyclic amines) is 1. The summed E-state index contributed by atoms with van der Waals surface area (Å²) in [6, 6.07) is 15.6. The Morgan fingerprint density at radius 1 is 1.11 bits per heavy atom. The van der Waals surface area contributed by atoms with Gasteiger partial charge in [-0.3, -0.25) is 4.79 Å². The van der Waals surface area contributed by atoms with Crippen molar-refractivity contribution >= 4 is 12.0 Å². The summed E-state index contributed by atoms with van der Waals surface area (Å²) in [5.41, 5.74) is 7.21. The summed E-state index contributed by atoms with van der Waals surface area (Å²) >= 11 is 0. The van der Waals surface area contributed by atoms with Crippen LogP contribution in [0.25, 0.3) is 11.1 Å². The van der Waals surface area contributed by atoms with Crippen molar-refractivity contribution in [1.29, 1.82) is 0 Å². The number of benzene rings is 2. The van der Waals surface area contributed by atoms with Crippen LogP contribution in [0.2, 0.25) is 0 Å². The van der Waals surface area contributed by atoms with Gasteiger partial charge in [-0.05, 0) is 60.1 Å². The van der Waals surface area contributed by atoms with Gasteiger partial charge in [0, 0.05) is 31.5 Å². The van der Waals surface area contributed by atoms with E-state index in [-0.39, 0.29) is 28.9 Å². The minimum Gasteiger partial charge on any atom is -0.490 e. The second-order valence-corrected chi connectivity index (χ2v) is 9.38. The second kappa shape index (κ2) is 9.05. The van der Waals surface area contributed by atoms with Crippen LogP contribution in [0.5, 0.6) is 5.75 Å². The first kappa shape index (κ1) is 22.9. The van der Waals surface area contributed by atoms with Crippen LogP contribution in [0.1, 0.15) is 35.5 Å². The molecule has 1 aromatic heterocycles. The number of aromatic nitrogens is 1. The number of primary amides is 1. The van der Waals surface area contributed by atoms with E-state index >= 15 is 0 Å². The molecule has 0 radical (unpaired) electrons. The molecule has 1 saturated carbocycles. The normalized spacial score (nSPS) is 20.9. The molecule has 9 heteroatoms. The molecule has 2 aromatic carbocycles. The summed E-state index contributed by atoms with van der Waals surface area (Å²) in [6.45, 7) is 0.960. The minimum absolute atomic E-state index is 0.0651. The Morgan fingerprint density at radius 3 is 2.31 bits per heavy atom. The molecule has 2 heterocycles. The zero-order valence-electron chi connectivity index (χ0n) is 19.0. The van der Waals surface area contributed by atoms with Crippen molar-refractivity contribution in [3.8, 4) is 16.9 Å². The van der Waals surface area contributed by atoms with Crippen molar-refractivity contribution in [3.05, 3.63) is 71.9 Å². The Morgan fingerprint density at radius 2 is 1.74 bits per heavy atom. The van der Waals surface area contributed by atoms with Gasteiger partial charge in [0.2, 0.25) is 0 Å². The lowest BCUT2D eigenvalue weighted by atomic mass is 9.52. The van der Waals surface area contributed by atoms with Crippen LogP contribution >= 0.6 is 0 Å². The Hall–Kier alpha value is -3.88. The Bertz CT molecular complexity index is 1220. The molecule has 2 atom stereocenters. The monoisotopic (exact) mass is 479 g/mol. The smallest absolute Gasteiger partial charge is 0.407 e. The Labute approximate surface area is 201 Å². The summed E-state index contributed by atoms with van der Waals surface area (Å²) in [7, 11) is 0. The molecule has 35 heavy (non-hydrogen) atoms. The highest BCUT2D eigenvalue weighted by Crippen LogP contribution is 2.56. The molecule has 182 valence electrons. The van der Waals surface area contributed by atoms with Crippen molar-refractivity contribution < 1.29 is 28.3 Å². The number of rotatable bonds is 6. The fourth-order valence-corrected chi connectivity index (χ4v) is 5.40. The number of hydrogen-bond acceptors (Lipinski definition) is 5. The summed E-state index contributed by atoms with van der Waals surface area (Å²) < 4.78 is 24.9. The van der Waals surface area contributed by atoms with E-state index in [1.54, 1.807) is 18.2 Å². The molecule has 3 aromatic rings. The van der Waals surface area contributed by atoms with E-state index in [0.29, 0.717) is 25.3 Å². The SMILES string of the molecule is NC(=O)c1cc(CC2C(Oc3ccc(-c4ccc(F)cc4)cc3)CC23CCN(C(=O)O)CC3)on1. The van der Waals surface area contributed by atoms with Gasteiger partial charge < -0.3 is 25.0 Å². The van der Waals surface area contributed by atoms with Gasteiger partial charge in [0.15, 0.2) is 5.69 Å². The maximum atomic E-state index is 13.2. The van der Waals surface area contributed by atoms with Crippen LogP contribution in [0.4, 0.5) is 9.18 Å². The summed E-state index contributed by atoms with van der Waals surface area (Å²) in [5.74, 6) is 0.432. The molecule has 5 rings (SSSR count). The molecule has 0 bridgehead atoms. The second-order valence-electron chi connectivity index (χ2n) is 9.38. The van der Waals surface area contributed by atoms with E-state index in [4.69, 9.17) is 15.0 Å². The summed E-state index contributed by atoms with van der Waals surface area (Å²) in [5, 5.41) is 13.1. The number of halogens is 1. The molecule has 2 aliphatic rings. The first-order valence-corrected chi connectivity index (χ1v) is 11.6. The van der Waals surface area contributed by atoms with Crippen LogP contribution in [0.15, 0.2) is 59.1 Å². The van der Waals surface area contributed by atoms with E-state index in [2.05, 4.69) is 5.16 Å². The first-order valence-electron chi connectivity index (χ1n) is 11.6. The molecule has 8 nitrogen and oxygen atoms in total. The van der Waals surface area contributed by atoms with Crippen LogP contribution in [-0.4, -0.2) is 46.4 Å². The zero-order chi connectivity index (χ0) is 24.6. The van der Waals surface area contributed by atoms with Crippen LogP contribution in [0, 0.1) is 17.2 Å². The third-order valence-corrected chi connectivity index (χ3v) is 7.42. The standard InChI is InChI=1S/C26H26FN3O5/c27-18-5-1-16(2-6-18)17-3-7-19(8-4-17)34-23-15-26(9-11-30(12-10-26)25(32)33)21(23)13-20-14-22(24(28)31)29-35-20/h1-8,14,21,23H,9-13,15H2,(H2,28,31)(H,32,33). The zero-order valence-corrected chi connectivity index (χ0v) is 19.0. The number of ether oxygens (including phenoxy) is 1. The number of carboxylic acid groups (broad SMARTS) is 1. The third-order valence-electron chi connectivity index (χ3n) is 7.42. The minimum atomic E-state index is -0.897. The maximum Gasteiger partial charge on any atom is 0.407 e. The number of hydrogen-bond donors (Lipinski definition) is 2. The molecule has 1 spiro atoms. The molecule has 1 saturated heterocycles. The molecule has 2 fully saturated rings. The summed E-state index contributed by atoms with van der Waals surface area (Å²) in [6.07, 6.45) is 1.82. The Kier molecular flexibility index (Phi) is 5.92. The fraction of sp³-hybridized carbons (Fsp3) is 0.346. The van der Waals surface area contributed by atoms with Crippen molar-refractivity contribution in [3.63, 3.8) is 0 Å². The van der Waals surface area contributed by atoms with Gasteiger partial charge in [-0.25, -0.2) is 9.18 Å². The third kappa shape index (κ3) is 4.58. The number of piperidine rings is 1. The highest BCUT2D eigenvalue weighted by atomic mass is 19.1. The van der Waals surface area contributed by atoms with Crippen molar-refractivity contribution in [2.75, 3.05) is 13.1 Å². The predicted molar refractivity (Wildman–Crippen MR) is 124 cm³/mol. The van der Waals surface area contributed by atoms with Gasteiger partial charge in [-0.2, -0.15) is 0 Å². The quantitative estimate of drug-likeness (QED) is 0.543. The van der Waals surface area contributed by atoms with Gasteiger partial charge >= 0.3 is 6.09 Å². The number of carbonyl (C=O) groups is 2. The number of nitrogens with zero attached hydrogens (tertiary/aromatic N) is 2. The van der Waals surface area contributed by atoms with Gasteiger partial charge in [0.05, 0.1) is 0 Å². The lowest BCUT2D eigenvalue weighted by molar-refractivity contribution is -0.122. The highest BCUT2D eigenvalue weighted by Gasteiger charge is 2.56. The average molecular weight is 480 g/mol. The first-order chi connectivity index (χ1) is 16.8. The lowest BCUT2D eigenvalue weighted by Gasteiger charge is -2.57. The number of nitrogens with two attached hydrogens (primary N) is 1. The van der Waals surface area contributed by atoms with Gasteiger partial charge in [0.25, 0.3) is 5.91 Å². The van der Waals surface area contributed by atoms with Crippen molar-refractivity contribution in [2.24, 2.45) is 17.1 Å². The lowest BCUT2D eigenvalue weighted by Crippen LogP contribution is -2.59. The van der Waals surface area contributed by atoms with Crippen LogP contribution in [-0.2, 0) is 6.42 Å². The largest absolute Gasteiger partial charge is 0.490 e. The van der Waals surface area contributed by atoms with E-state index in [9.17, 15) is 19.1 Å². The van der Waals surface area contributed by atoms with Gasteiger partial charge in [-0.1, -0.05) is 29.4 Å². The van der Waals surface area contributed by atoms with E-state index in [1.165, 1.54) is 17.0 Å². The van der Waals surface area contributed by atoms with Crippen molar-refractivity contribution in [2.45, 2.75) is 31.8 Å². The molecular formula is C26H26FN3O5. The summed E-state index contributed by atoms with van der Waals surface area (Å²) in [4.78, 5) is 24.3. The van der Waals surface area contributed by atoms with Crippen molar-refractivity contribution in [1.82, 2.24) is 10.1 Å². The van der Waals surface area contributed by atoms with Crippen LogP contribution in [0.3, 0.4) is 0 Å². The van der Waals surface area contributed by atoms with Gasteiger partial charge in [-0.15, -0.1) is 0 Å². The molecule has 3 N–H and O–H groups in total. The molecular weight excluding hydrogens is 453 g/mol. The highest BCUT2D eigenvalue weighted by molar-refractivity contribution is 5.90. The van der Waals surface area contributed by atoms with E-state index in [1.807, 2.05) is 24.3 Å². The van der Waals surface area contributed by atoms with E-state index in [0.717, 1.165) is 36.1 Å². The average Bonchev–Trinajstić information content (AvgIpc) is 3.33. The molecule has 2 amide bonds. The Balaban J connectivity index is 1.32. The fourth-order valence-electron chi connectivity index (χ4n) is 5.40. The maximum absolute atomic E-state index is 13.2. The van der Waals surface area contributed by atoms with Crippen LogP contribution < -0.4 is 10.5 Å². The number of carbonyl (C=O) groups excluding carboxylic acids is 1. The molecule has 1 aliphatic heterocycles. The topological polar surface area (TPSA) is 119 Å². The van der Waals surface area contributed by atoms with E-state index < -0.39 is 12.0 Å². The van der Waals surface area contributed by atoms with Gasteiger partial charge in [0.1, 0.15) is 23.4 Å².